The second-order valence-electron chi connectivity index (χ2n) is 6.55. The molecule has 9 nitrogen and oxygen atoms in total. The largest absolute Gasteiger partial charge is 0.491 e. The lowest BCUT2D eigenvalue weighted by atomic mass is 9.79. The Bertz CT molecular complexity index is 1000. The average molecular weight is 435 g/mol. The van der Waals surface area contributed by atoms with Gasteiger partial charge >= 0.3 is 20.2 Å². The first-order chi connectivity index (χ1) is 14.5. The highest BCUT2D eigenvalue weighted by molar-refractivity contribution is 6.59. The third-order valence-electron chi connectivity index (χ3n) is 4.40. The van der Waals surface area contributed by atoms with E-state index in [0.29, 0.717) is 6.07 Å². The van der Waals surface area contributed by atoms with Gasteiger partial charge in [-0.25, -0.2) is 13.6 Å². The topological polar surface area (TPSA) is 164 Å². The molecular weight excluding hydrogens is 418 g/mol. The molecule has 0 fully saturated rings. The van der Waals surface area contributed by atoms with Crippen molar-refractivity contribution in [3.63, 3.8) is 0 Å². The summed E-state index contributed by atoms with van der Waals surface area (Å²) < 4.78 is 27.6. The Morgan fingerprint density at radius 3 is 1.81 bits per heavy atom. The van der Waals surface area contributed by atoms with Crippen molar-refractivity contribution in [1.82, 2.24) is 5.32 Å². The first-order valence-electron chi connectivity index (χ1n) is 8.89. The zero-order valence-electron chi connectivity index (χ0n) is 15.8. The predicted octanol–water partition coefficient (Wildman–Crippen LogP) is -1.83. The first kappa shape index (κ1) is 24.2. The summed E-state index contributed by atoms with van der Waals surface area (Å²) in [5, 5.41) is 47.4. The van der Waals surface area contributed by atoms with Gasteiger partial charge in [0, 0.05) is 28.5 Å². The lowest BCUT2D eigenvalue weighted by molar-refractivity contribution is -0.139. The molecular formula is C18H17B2F2NO8. The molecule has 1 amide bonds. The molecule has 0 radical (unpaired) electrons. The average Bonchev–Trinajstić information content (AvgIpc) is 2.69. The van der Waals surface area contributed by atoms with Crippen LogP contribution in [0, 0.1) is 11.6 Å². The predicted molar refractivity (Wildman–Crippen MR) is 105 cm³/mol. The Balaban J connectivity index is 2.05. The lowest BCUT2D eigenvalue weighted by Gasteiger charge is -2.15. The van der Waals surface area contributed by atoms with Crippen molar-refractivity contribution >= 4 is 42.8 Å². The summed E-state index contributed by atoms with van der Waals surface area (Å²) in [6.45, 7) is 0. The van der Waals surface area contributed by atoms with Crippen LogP contribution in [0.3, 0.4) is 0 Å². The van der Waals surface area contributed by atoms with Crippen LogP contribution in [0.2, 0.25) is 0 Å². The van der Waals surface area contributed by atoms with Crippen molar-refractivity contribution in [3.8, 4) is 0 Å². The Morgan fingerprint density at radius 2 is 1.35 bits per heavy atom. The van der Waals surface area contributed by atoms with Gasteiger partial charge in [-0.3, -0.25) is 9.59 Å². The van der Waals surface area contributed by atoms with E-state index >= 15 is 0 Å². The van der Waals surface area contributed by atoms with Gasteiger partial charge in [0.05, 0.1) is 0 Å². The van der Waals surface area contributed by atoms with E-state index in [2.05, 4.69) is 5.32 Å². The van der Waals surface area contributed by atoms with Crippen molar-refractivity contribution in [2.75, 3.05) is 0 Å². The van der Waals surface area contributed by atoms with E-state index in [1.807, 2.05) is 0 Å². The van der Waals surface area contributed by atoms with E-state index in [1.54, 1.807) is 0 Å². The molecule has 0 aliphatic rings. The number of hydrogen-bond donors (Lipinski definition) is 6. The molecule has 2 aromatic rings. The third kappa shape index (κ3) is 6.18. The summed E-state index contributed by atoms with van der Waals surface area (Å²) in [6.07, 6.45) is -0.746. The van der Waals surface area contributed by atoms with Gasteiger partial charge in [-0.1, -0.05) is 18.2 Å². The summed E-state index contributed by atoms with van der Waals surface area (Å²) >= 11 is 0. The standard InChI is InChI=1S/C18H17B2F2NO8/c21-13-7-9(1-3-11(13)19(28)29)16(24)6-5-15(18(26)27)23-17(25)10-2-4-12(20(30)31)14(22)8-10/h1-4,7-8,15,28-31H,5-6H2,(H,23,25)(H,26,27)/t15-/m0/s1. The first-order valence-corrected chi connectivity index (χ1v) is 8.89. The molecule has 31 heavy (non-hydrogen) atoms. The molecule has 162 valence electrons. The van der Waals surface area contributed by atoms with Crippen LogP contribution in [-0.2, 0) is 4.79 Å². The van der Waals surface area contributed by atoms with Gasteiger partial charge in [-0.2, -0.15) is 0 Å². The second-order valence-corrected chi connectivity index (χ2v) is 6.55. The van der Waals surface area contributed by atoms with Crippen LogP contribution in [0.1, 0.15) is 33.6 Å². The third-order valence-corrected chi connectivity index (χ3v) is 4.40. The molecule has 0 spiro atoms. The fraction of sp³-hybridized carbons (Fsp3) is 0.167. The van der Waals surface area contributed by atoms with Crippen molar-refractivity contribution in [2.45, 2.75) is 18.9 Å². The van der Waals surface area contributed by atoms with Crippen molar-refractivity contribution in [1.29, 1.82) is 0 Å². The van der Waals surface area contributed by atoms with Gasteiger partial charge in [0.15, 0.2) is 5.78 Å². The van der Waals surface area contributed by atoms with Crippen LogP contribution < -0.4 is 16.2 Å². The smallest absolute Gasteiger partial charge is 0.480 e. The summed E-state index contributed by atoms with van der Waals surface area (Å²) in [5.41, 5.74) is -1.31. The molecule has 0 aliphatic carbocycles. The maximum atomic E-state index is 13.8. The van der Waals surface area contributed by atoms with Crippen LogP contribution in [0.15, 0.2) is 36.4 Å². The fourth-order valence-corrected chi connectivity index (χ4v) is 2.71. The van der Waals surface area contributed by atoms with Crippen molar-refractivity contribution in [3.05, 3.63) is 59.2 Å². The molecule has 0 saturated heterocycles. The number of carboxylic acid groups (broad SMARTS) is 1. The number of ketones is 1. The van der Waals surface area contributed by atoms with E-state index in [1.165, 1.54) is 0 Å². The number of carboxylic acids is 1. The van der Waals surface area contributed by atoms with Crippen LogP contribution in [0.4, 0.5) is 8.78 Å². The second kappa shape index (κ2) is 10.3. The summed E-state index contributed by atoms with van der Waals surface area (Å²) in [6, 6.07) is 4.14. The number of carbonyl (C=O) groups is 3. The summed E-state index contributed by atoms with van der Waals surface area (Å²) in [5.74, 6) is -5.18. The van der Waals surface area contributed by atoms with Crippen LogP contribution in [-0.4, -0.2) is 63.1 Å². The van der Waals surface area contributed by atoms with Crippen molar-refractivity contribution in [2.24, 2.45) is 0 Å². The van der Waals surface area contributed by atoms with E-state index in [-0.39, 0.29) is 24.0 Å². The molecule has 13 heteroatoms. The minimum absolute atomic E-state index is 0.127. The quantitative estimate of drug-likeness (QED) is 0.198. The number of benzene rings is 2. The SMILES string of the molecule is O=C(CC[C@H](NC(=O)c1ccc(B(O)O)c(F)c1)C(=O)O)c1ccc(B(O)O)c(F)c1. The number of Topliss-reactive ketones (excluding diaryl/α,β-unsaturated/α-hetero) is 1. The molecule has 0 bridgehead atoms. The number of rotatable bonds is 9. The van der Waals surface area contributed by atoms with Crippen LogP contribution in [0.5, 0.6) is 0 Å². The van der Waals surface area contributed by atoms with E-state index in [0.717, 1.165) is 30.3 Å². The van der Waals surface area contributed by atoms with Gasteiger partial charge in [0.25, 0.3) is 5.91 Å². The van der Waals surface area contributed by atoms with E-state index in [9.17, 15) is 28.3 Å². The normalized spacial score (nSPS) is 11.5. The Kier molecular flexibility index (Phi) is 8.00. The van der Waals surface area contributed by atoms with E-state index < -0.39 is 60.5 Å². The molecule has 0 aliphatic heterocycles. The molecule has 0 unspecified atom stereocenters. The number of carbonyl (C=O) groups excluding carboxylic acids is 2. The van der Waals surface area contributed by atoms with Gasteiger partial charge < -0.3 is 30.5 Å². The zero-order chi connectivity index (χ0) is 23.3. The zero-order valence-corrected chi connectivity index (χ0v) is 15.8. The fourth-order valence-electron chi connectivity index (χ4n) is 2.71. The van der Waals surface area contributed by atoms with Crippen molar-refractivity contribution < 1.29 is 48.4 Å². The molecule has 2 rings (SSSR count). The number of aliphatic carboxylic acids is 1. The monoisotopic (exact) mass is 435 g/mol. The highest BCUT2D eigenvalue weighted by Crippen LogP contribution is 2.10. The molecule has 0 saturated carbocycles. The Morgan fingerprint density at radius 1 is 0.871 bits per heavy atom. The maximum Gasteiger partial charge on any atom is 0.491 e. The van der Waals surface area contributed by atoms with E-state index in [4.69, 9.17) is 20.1 Å². The Hall–Kier alpha value is -3.12. The Labute approximate surface area is 175 Å². The van der Waals surface area contributed by atoms with Gasteiger partial charge in [0.1, 0.15) is 17.7 Å². The minimum atomic E-state index is -2.09. The lowest BCUT2D eigenvalue weighted by Crippen LogP contribution is -2.41. The van der Waals surface area contributed by atoms with Crippen LogP contribution >= 0.6 is 0 Å². The molecule has 2 aromatic carbocycles. The molecule has 6 N–H and O–H groups in total. The van der Waals surface area contributed by atoms with Crippen LogP contribution in [0.25, 0.3) is 0 Å². The van der Waals surface area contributed by atoms with Gasteiger partial charge in [-0.05, 0) is 24.6 Å². The molecule has 0 heterocycles. The summed E-state index contributed by atoms with van der Waals surface area (Å²) in [4.78, 5) is 35.8. The minimum Gasteiger partial charge on any atom is -0.480 e. The maximum absolute atomic E-state index is 13.8. The van der Waals surface area contributed by atoms with Gasteiger partial charge in [0.2, 0.25) is 0 Å². The highest BCUT2D eigenvalue weighted by atomic mass is 19.1. The number of hydrogen-bond acceptors (Lipinski definition) is 7. The highest BCUT2D eigenvalue weighted by Gasteiger charge is 2.24. The number of amides is 1. The van der Waals surface area contributed by atoms with Gasteiger partial charge in [-0.15, -0.1) is 0 Å². The number of nitrogens with one attached hydrogen (secondary N) is 1. The molecule has 1 atom stereocenters. The number of halogens is 2. The molecule has 0 aromatic heterocycles. The summed E-state index contributed by atoms with van der Waals surface area (Å²) in [7, 11) is -4.15.